The molecule has 0 amide bonds. The summed E-state index contributed by atoms with van der Waals surface area (Å²) in [4.78, 5) is 10.8. The number of rotatable bonds is 6. The number of carbonyl (C=O) groups is 1. The number of hydrazine groups is 1. The second-order valence-corrected chi connectivity index (χ2v) is 4.74. The molecule has 0 radical (unpaired) electrons. The van der Waals surface area contributed by atoms with Gasteiger partial charge in [-0.15, -0.1) is 0 Å². The number of benzene rings is 2. The van der Waals surface area contributed by atoms with Gasteiger partial charge in [0, 0.05) is 14.7 Å². The summed E-state index contributed by atoms with van der Waals surface area (Å²) in [5, 5.41) is 8.80. The van der Waals surface area contributed by atoms with E-state index < -0.39 is 18.1 Å². The van der Waals surface area contributed by atoms with Gasteiger partial charge in [0.1, 0.15) is 5.75 Å². The van der Waals surface area contributed by atoms with Crippen LogP contribution in [0.2, 0.25) is 0 Å². The smallest absolute Gasteiger partial charge is 0.357 e. The van der Waals surface area contributed by atoms with E-state index in [9.17, 15) is 13.6 Å². The molecule has 0 aliphatic heterocycles. The average Bonchev–Trinajstić information content (AvgIpc) is 2.67. The van der Waals surface area contributed by atoms with E-state index in [4.69, 9.17) is 30.6 Å². The van der Waals surface area contributed by atoms with Gasteiger partial charge in [0.25, 0.3) is 6.43 Å². The van der Waals surface area contributed by atoms with Crippen LogP contribution in [-0.4, -0.2) is 11.1 Å². The number of carboxylic acids is 1. The van der Waals surface area contributed by atoms with Gasteiger partial charge in [-0.25, -0.2) is 19.4 Å². The number of alkyl halides is 2. The van der Waals surface area contributed by atoms with Crippen LogP contribution < -0.4 is 21.7 Å². The molecule has 0 spiro atoms. The van der Waals surface area contributed by atoms with Gasteiger partial charge in [0.2, 0.25) is 5.88 Å². The highest BCUT2D eigenvalue weighted by molar-refractivity contribution is 5.85. The van der Waals surface area contributed by atoms with Gasteiger partial charge in [-0.3, -0.25) is 5.43 Å². The summed E-state index contributed by atoms with van der Waals surface area (Å²) in [6.45, 7) is 0. The van der Waals surface area contributed by atoms with Crippen molar-refractivity contribution >= 4 is 5.97 Å². The molecular formula is C16H15F4N3O3. The Kier molecular flexibility index (Phi) is 7.90. The minimum absolute atomic E-state index is 0.0494. The molecule has 140 valence electrons. The lowest BCUT2D eigenvalue weighted by Gasteiger charge is -2.11. The molecule has 0 saturated heterocycles. The number of ether oxygens (including phenoxy) is 1. The van der Waals surface area contributed by atoms with Crippen molar-refractivity contribution in [2.45, 2.75) is 6.43 Å². The maximum Gasteiger partial charge on any atom is 0.357 e. The Morgan fingerprint density at radius 1 is 1.00 bits per heavy atom. The van der Waals surface area contributed by atoms with E-state index in [-0.39, 0.29) is 11.4 Å². The molecule has 0 saturated carbocycles. The lowest BCUT2D eigenvalue weighted by molar-refractivity contribution is -0.132. The molecule has 0 bridgehead atoms. The Morgan fingerprint density at radius 3 is 1.85 bits per heavy atom. The quantitative estimate of drug-likeness (QED) is 0.204. The minimum Gasteiger partial charge on any atom is -0.476 e. The summed E-state index contributed by atoms with van der Waals surface area (Å²) >= 11 is 0. The fourth-order valence-electron chi connectivity index (χ4n) is 1.91. The van der Waals surface area contributed by atoms with E-state index in [1.165, 1.54) is 12.1 Å². The topological polar surface area (TPSA) is 111 Å². The lowest BCUT2D eigenvalue weighted by atomic mass is 10.0. The van der Waals surface area contributed by atoms with E-state index in [2.05, 4.69) is 5.43 Å². The van der Waals surface area contributed by atoms with Crippen LogP contribution in [-0.2, 0) is 4.79 Å². The third kappa shape index (κ3) is 5.38. The van der Waals surface area contributed by atoms with Gasteiger partial charge in [0.15, 0.2) is 5.70 Å². The van der Waals surface area contributed by atoms with E-state index in [0.29, 0.717) is 5.75 Å². The van der Waals surface area contributed by atoms with Crippen molar-refractivity contribution in [3.05, 3.63) is 65.7 Å². The van der Waals surface area contributed by atoms with Gasteiger partial charge in [-0.05, 0) is 23.3 Å². The molecule has 6 N–H and O–H groups in total. The second kappa shape index (κ2) is 9.89. The molecular weight excluding hydrogens is 358 g/mol. The first-order valence-corrected chi connectivity index (χ1v) is 6.92. The number of hydrogen-bond donors (Lipinski definition) is 4. The van der Waals surface area contributed by atoms with Crippen molar-refractivity contribution in [1.29, 1.82) is 0 Å². The lowest BCUT2D eigenvalue weighted by Crippen LogP contribution is -2.31. The number of nitrogens with one attached hydrogen (secondary N) is 1. The summed E-state index contributed by atoms with van der Waals surface area (Å²) < 4.78 is 46.4. The molecule has 2 aromatic carbocycles. The molecule has 0 heterocycles. The number of hydrogen-bond acceptors (Lipinski definition) is 5. The molecule has 0 aliphatic rings. The summed E-state index contributed by atoms with van der Waals surface area (Å²) in [5.41, 5.74) is 8.32. The van der Waals surface area contributed by atoms with E-state index in [1.54, 1.807) is 36.4 Å². The van der Waals surface area contributed by atoms with Crippen molar-refractivity contribution in [2.75, 3.05) is 0 Å². The summed E-state index contributed by atoms with van der Waals surface area (Å²) in [5.74, 6) is 3.82. The monoisotopic (exact) mass is 373 g/mol. The average molecular weight is 373 g/mol. The van der Waals surface area contributed by atoms with Crippen molar-refractivity contribution in [3.63, 3.8) is 0 Å². The molecule has 2 aromatic rings. The Labute approximate surface area is 145 Å². The fourth-order valence-corrected chi connectivity index (χ4v) is 1.91. The summed E-state index contributed by atoms with van der Waals surface area (Å²) in [6.07, 6.45) is -2.51. The normalized spacial score (nSPS) is 11.2. The van der Waals surface area contributed by atoms with Gasteiger partial charge < -0.3 is 15.6 Å². The van der Waals surface area contributed by atoms with Crippen LogP contribution in [0.3, 0.4) is 0 Å². The maximum atomic E-state index is 12.5. The zero-order valence-corrected chi connectivity index (χ0v) is 13.1. The number of aliphatic carboxylic acids is 1. The number of carboxylic acid groups (broad SMARTS) is 1. The predicted molar refractivity (Wildman–Crippen MR) is 85.9 cm³/mol. The standard InChI is InChI=1S/C16H15F2N3O3.F2/c17-14(18)11-3-1-9(2-4-11)10-5-7-12(8-6-10)24-15(21-20)13(19)16(22)23;1-2/h1-8,14,21H,19-20H2,(H,22,23);/b15-13+;. The Bertz CT molecular complexity index is 750. The molecule has 0 atom stereocenters. The molecule has 0 fully saturated rings. The van der Waals surface area contributed by atoms with Gasteiger partial charge in [-0.2, -0.15) is 0 Å². The largest absolute Gasteiger partial charge is 0.476 e. The Balaban J connectivity index is 0.00000163. The van der Waals surface area contributed by atoms with Crippen LogP contribution in [0, 0.1) is 0 Å². The SMILES string of the molecule is FF.NN/C(Oc1ccc(-c2ccc(C(F)F)cc2)cc1)=C(\N)C(=O)O. The fraction of sp³-hybridized carbons (Fsp3) is 0.0625. The number of halogens is 4. The highest BCUT2D eigenvalue weighted by Crippen LogP contribution is 2.26. The highest BCUT2D eigenvalue weighted by atomic mass is 20.0. The molecule has 0 unspecified atom stereocenters. The first-order chi connectivity index (χ1) is 12.4. The highest BCUT2D eigenvalue weighted by Gasteiger charge is 2.12. The van der Waals surface area contributed by atoms with Crippen molar-refractivity contribution in [3.8, 4) is 16.9 Å². The molecule has 0 aromatic heterocycles. The van der Waals surface area contributed by atoms with Crippen LogP contribution in [0.5, 0.6) is 5.75 Å². The Morgan fingerprint density at radius 2 is 1.46 bits per heavy atom. The van der Waals surface area contributed by atoms with Crippen molar-refractivity contribution < 1.29 is 32.6 Å². The predicted octanol–water partition coefficient (Wildman–Crippen LogP) is 3.19. The van der Waals surface area contributed by atoms with Crippen LogP contribution >= 0.6 is 0 Å². The zero-order valence-electron chi connectivity index (χ0n) is 13.1. The van der Waals surface area contributed by atoms with Crippen LogP contribution in [0.15, 0.2) is 60.1 Å². The summed E-state index contributed by atoms with van der Waals surface area (Å²) in [6, 6.07) is 12.4. The van der Waals surface area contributed by atoms with Gasteiger partial charge >= 0.3 is 5.97 Å². The molecule has 6 nitrogen and oxygen atoms in total. The third-order valence-electron chi connectivity index (χ3n) is 3.18. The van der Waals surface area contributed by atoms with Crippen LogP contribution in [0.1, 0.15) is 12.0 Å². The van der Waals surface area contributed by atoms with E-state index >= 15 is 0 Å². The second-order valence-electron chi connectivity index (χ2n) is 4.74. The first kappa shape index (κ1) is 20.8. The van der Waals surface area contributed by atoms with Crippen LogP contribution in [0.4, 0.5) is 17.9 Å². The molecule has 26 heavy (non-hydrogen) atoms. The molecule has 2 rings (SSSR count). The van der Waals surface area contributed by atoms with E-state index in [1.807, 2.05) is 0 Å². The van der Waals surface area contributed by atoms with Crippen molar-refractivity contribution in [2.24, 2.45) is 11.6 Å². The molecule has 0 aliphatic carbocycles. The Hall–Kier alpha value is -3.27. The van der Waals surface area contributed by atoms with Crippen LogP contribution in [0.25, 0.3) is 11.1 Å². The van der Waals surface area contributed by atoms with Gasteiger partial charge in [0.05, 0.1) is 0 Å². The third-order valence-corrected chi connectivity index (χ3v) is 3.18. The first-order valence-electron chi connectivity index (χ1n) is 6.92. The van der Waals surface area contributed by atoms with E-state index in [0.717, 1.165) is 11.1 Å². The minimum atomic E-state index is -2.51. The molecule has 10 heteroatoms. The zero-order chi connectivity index (χ0) is 19.7. The maximum absolute atomic E-state index is 12.5. The van der Waals surface area contributed by atoms with Gasteiger partial charge in [-0.1, -0.05) is 36.4 Å². The number of nitrogens with two attached hydrogens (primary N) is 2. The van der Waals surface area contributed by atoms with Crippen molar-refractivity contribution in [1.82, 2.24) is 5.43 Å². The summed E-state index contributed by atoms with van der Waals surface area (Å²) in [7, 11) is 0.